The van der Waals surface area contributed by atoms with E-state index in [1.807, 2.05) is 12.4 Å². The van der Waals surface area contributed by atoms with Crippen molar-refractivity contribution >= 4 is 11.3 Å². The van der Waals surface area contributed by atoms with Gasteiger partial charge in [-0.25, -0.2) is 4.98 Å². The van der Waals surface area contributed by atoms with Gasteiger partial charge in [0.15, 0.2) is 0 Å². The highest BCUT2D eigenvalue weighted by Gasteiger charge is 1.97. The lowest BCUT2D eigenvalue weighted by Crippen LogP contribution is -2.11. The summed E-state index contributed by atoms with van der Waals surface area (Å²) in [4.78, 5) is 5.50. The van der Waals surface area contributed by atoms with Gasteiger partial charge in [-0.1, -0.05) is 6.92 Å². The summed E-state index contributed by atoms with van der Waals surface area (Å²) in [5.41, 5.74) is 3.05. The molecule has 1 aromatic rings. The molecule has 1 aromatic heterocycles. The van der Waals surface area contributed by atoms with E-state index in [2.05, 4.69) is 17.2 Å². The Morgan fingerprint density at radius 3 is 3.00 bits per heavy atom. The number of rotatable bonds is 3. The molecule has 3 heteroatoms. The normalized spacial score (nSPS) is 10.2. The Hall–Kier alpha value is -0.410. The van der Waals surface area contributed by atoms with Gasteiger partial charge < -0.3 is 5.32 Å². The molecule has 0 aliphatic rings. The molecule has 0 saturated carbocycles. The average Bonchev–Trinajstić information content (AvgIpc) is 2.31. The van der Waals surface area contributed by atoms with Crippen LogP contribution < -0.4 is 5.32 Å². The van der Waals surface area contributed by atoms with Crippen LogP contribution >= 0.6 is 11.3 Å². The van der Waals surface area contributed by atoms with Gasteiger partial charge in [-0.05, 0) is 13.5 Å². The highest BCUT2D eigenvalue weighted by Crippen LogP contribution is 2.10. The van der Waals surface area contributed by atoms with Gasteiger partial charge in [0.25, 0.3) is 0 Å². The summed E-state index contributed by atoms with van der Waals surface area (Å²) in [5, 5.41) is 3.26. The summed E-state index contributed by atoms with van der Waals surface area (Å²) >= 11 is 1.72. The molecule has 1 N–H and O–H groups in total. The molecule has 0 fully saturated rings. The van der Waals surface area contributed by atoms with E-state index in [4.69, 9.17) is 0 Å². The minimum absolute atomic E-state index is 0.965. The van der Waals surface area contributed by atoms with Crippen molar-refractivity contribution in [2.45, 2.75) is 20.4 Å². The van der Waals surface area contributed by atoms with Crippen molar-refractivity contribution in [1.29, 1.82) is 0 Å². The number of aryl methyl sites for hydroxylation is 1. The van der Waals surface area contributed by atoms with Gasteiger partial charge in [-0.3, -0.25) is 0 Å². The monoisotopic (exact) mass is 156 g/mol. The molecule has 1 rings (SSSR count). The molecule has 2 nitrogen and oxygen atoms in total. The third kappa shape index (κ3) is 1.78. The lowest BCUT2D eigenvalue weighted by Gasteiger charge is -1.97. The predicted octanol–water partition coefficient (Wildman–Crippen LogP) is 1.56. The standard InChI is InChI=1S/C7H12N2S/c1-3-8-4-7-6(2)9-5-10-7/h5,8H,3-4H2,1-2H3. The largest absolute Gasteiger partial charge is 0.312 e. The number of hydrogen-bond donors (Lipinski definition) is 1. The van der Waals surface area contributed by atoms with Crippen LogP contribution in [-0.4, -0.2) is 11.5 Å². The van der Waals surface area contributed by atoms with E-state index in [-0.39, 0.29) is 0 Å². The Labute approximate surface area is 65.3 Å². The Bertz CT molecular complexity index is 195. The van der Waals surface area contributed by atoms with Gasteiger partial charge in [0, 0.05) is 11.4 Å². The van der Waals surface area contributed by atoms with Gasteiger partial charge in [-0.2, -0.15) is 0 Å². The summed E-state index contributed by atoms with van der Waals surface area (Å²) in [6.45, 7) is 6.14. The minimum Gasteiger partial charge on any atom is -0.312 e. The Morgan fingerprint density at radius 1 is 1.70 bits per heavy atom. The summed E-state index contributed by atoms with van der Waals surface area (Å²) in [6, 6.07) is 0. The zero-order valence-corrected chi connectivity index (χ0v) is 7.16. The molecule has 0 atom stereocenters. The van der Waals surface area contributed by atoms with E-state index < -0.39 is 0 Å². The second kappa shape index (κ2) is 3.68. The third-order valence-corrected chi connectivity index (χ3v) is 2.32. The molecule has 0 amide bonds. The number of nitrogens with zero attached hydrogens (tertiary/aromatic N) is 1. The number of nitrogens with one attached hydrogen (secondary N) is 1. The zero-order chi connectivity index (χ0) is 7.40. The third-order valence-electron chi connectivity index (χ3n) is 1.38. The molecule has 0 aromatic carbocycles. The van der Waals surface area contributed by atoms with Crippen LogP contribution in [0.5, 0.6) is 0 Å². The minimum atomic E-state index is 0.965. The lowest BCUT2D eigenvalue weighted by molar-refractivity contribution is 0.731. The van der Waals surface area contributed by atoms with Crippen LogP contribution in [0.15, 0.2) is 5.51 Å². The van der Waals surface area contributed by atoms with Gasteiger partial charge >= 0.3 is 0 Å². The average molecular weight is 156 g/mol. The number of hydrogen-bond acceptors (Lipinski definition) is 3. The SMILES string of the molecule is CCNCc1scnc1C. The molecule has 56 valence electrons. The van der Waals surface area contributed by atoms with Crippen LogP contribution in [0, 0.1) is 6.92 Å². The molecule has 10 heavy (non-hydrogen) atoms. The summed E-state index contributed by atoms with van der Waals surface area (Å²) < 4.78 is 0. The van der Waals surface area contributed by atoms with Crippen molar-refractivity contribution in [2.24, 2.45) is 0 Å². The second-order valence-electron chi connectivity index (χ2n) is 2.14. The van der Waals surface area contributed by atoms with E-state index >= 15 is 0 Å². The summed E-state index contributed by atoms with van der Waals surface area (Å²) in [5.74, 6) is 0. The van der Waals surface area contributed by atoms with E-state index in [0.717, 1.165) is 18.8 Å². The van der Waals surface area contributed by atoms with Crippen molar-refractivity contribution in [3.8, 4) is 0 Å². The molecular weight excluding hydrogens is 144 g/mol. The van der Waals surface area contributed by atoms with Crippen LogP contribution in [0.1, 0.15) is 17.5 Å². The van der Waals surface area contributed by atoms with Crippen molar-refractivity contribution in [3.05, 3.63) is 16.1 Å². The van der Waals surface area contributed by atoms with Crippen molar-refractivity contribution in [3.63, 3.8) is 0 Å². The van der Waals surface area contributed by atoms with Crippen molar-refractivity contribution < 1.29 is 0 Å². The quantitative estimate of drug-likeness (QED) is 0.718. The first kappa shape index (κ1) is 7.69. The van der Waals surface area contributed by atoms with Gasteiger partial charge in [0.2, 0.25) is 0 Å². The first-order chi connectivity index (χ1) is 4.84. The van der Waals surface area contributed by atoms with E-state index in [1.54, 1.807) is 11.3 Å². The lowest BCUT2D eigenvalue weighted by atomic mass is 10.4. The zero-order valence-electron chi connectivity index (χ0n) is 6.35. The summed E-state index contributed by atoms with van der Waals surface area (Å²) in [7, 11) is 0. The fraction of sp³-hybridized carbons (Fsp3) is 0.571. The van der Waals surface area contributed by atoms with Crippen LogP contribution in [0.3, 0.4) is 0 Å². The van der Waals surface area contributed by atoms with E-state index in [9.17, 15) is 0 Å². The molecule has 0 aliphatic carbocycles. The predicted molar refractivity (Wildman–Crippen MR) is 44.2 cm³/mol. The maximum atomic E-state index is 4.15. The maximum absolute atomic E-state index is 4.15. The van der Waals surface area contributed by atoms with E-state index in [1.165, 1.54) is 4.88 Å². The molecule has 0 bridgehead atoms. The highest BCUT2D eigenvalue weighted by atomic mass is 32.1. The van der Waals surface area contributed by atoms with Gasteiger partial charge in [-0.15, -0.1) is 11.3 Å². The number of aromatic nitrogens is 1. The first-order valence-corrected chi connectivity index (χ1v) is 4.32. The Morgan fingerprint density at radius 2 is 2.50 bits per heavy atom. The molecule has 0 unspecified atom stereocenters. The fourth-order valence-electron chi connectivity index (χ4n) is 0.734. The fourth-order valence-corrected chi connectivity index (χ4v) is 1.48. The van der Waals surface area contributed by atoms with E-state index in [0.29, 0.717) is 0 Å². The molecule has 0 aliphatic heterocycles. The highest BCUT2D eigenvalue weighted by molar-refractivity contribution is 7.09. The topological polar surface area (TPSA) is 24.9 Å². The maximum Gasteiger partial charge on any atom is 0.0798 e. The van der Waals surface area contributed by atoms with Crippen LogP contribution in [0.2, 0.25) is 0 Å². The van der Waals surface area contributed by atoms with Crippen molar-refractivity contribution in [1.82, 2.24) is 10.3 Å². The Kier molecular flexibility index (Phi) is 2.83. The second-order valence-corrected chi connectivity index (χ2v) is 3.08. The van der Waals surface area contributed by atoms with Crippen molar-refractivity contribution in [2.75, 3.05) is 6.54 Å². The molecule has 0 spiro atoms. The molecule has 0 saturated heterocycles. The molecular formula is C7H12N2S. The van der Waals surface area contributed by atoms with Gasteiger partial charge in [0.05, 0.1) is 11.2 Å². The van der Waals surface area contributed by atoms with Crippen LogP contribution in [0.25, 0.3) is 0 Å². The van der Waals surface area contributed by atoms with Crippen LogP contribution in [-0.2, 0) is 6.54 Å². The first-order valence-electron chi connectivity index (χ1n) is 3.44. The molecule has 0 radical (unpaired) electrons. The van der Waals surface area contributed by atoms with Gasteiger partial charge in [0.1, 0.15) is 0 Å². The Balaban J connectivity index is 2.49. The number of thiazole rings is 1. The summed E-state index contributed by atoms with van der Waals surface area (Å²) in [6.07, 6.45) is 0. The smallest absolute Gasteiger partial charge is 0.0798 e. The molecule has 1 heterocycles. The van der Waals surface area contributed by atoms with Crippen LogP contribution in [0.4, 0.5) is 0 Å².